The van der Waals surface area contributed by atoms with Gasteiger partial charge in [-0.15, -0.1) is 0 Å². The summed E-state index contributed by atoms with van der Waals surface area (Å²) in [4.78, 5) is 2.02. The molecule has 7 nitrogen and oxygen atoms in total. The molecule has 0 fully saturated rings. The van der Waals surface area contributed by atoms with Gasteiger partial charge in [0.1, 0.15) is 4.90 Å². The molecule has 0 aliphatic heterocycles. The number of sulfonamides is 1. The van der Waals surface area contributed by atoms with Crippen LogP contribution in [0.3, 0.4) is 0 Å². The Morgan fingerprint density at radius 1 is 1.40 bits per heavy atom. The second kappa shape index (κ2) is 6.11. The maximum atomic E-state index is 12.5. The van der Waals surface area contributed by atoms with Gasteiger partial charge in [-0.1, -0.05) is 13.8 Å². The first-order valence-corrected chi connectivity index (χ1v) is 8.00. The average Bonchev–Trinajstić information content (AvgIpc) is 2.51. The Hall–Kier alpha value is -1.12. The summed E-state index contributed by atoms with van der Waals surface area (Å²) < 4.78 is 29.2. The van der Waals surface area contributed by atoms with Crippen LogP contribution in [0.2, 0.25) is 0 Å². The van der Waals surface area contributed by atoms with E-state index in [1.54, 1.807) is 14.0 Å². The first-order valence-electron chi connectivity index (χ1n) is 6.52. The molecular weight excluding hydrogens is 278 g/mol. The topological polar surface area (TPSA) is 93.2 Å². The molecule has 0 saturated heterocycles. The number of nitrogen functional groups attached to an aromatic ring is 1. The highest BCUT2D eigenvalue weighted by molar-refractivity contribution is 7.89. The highest BCUT2D eigenvalue weighted by Gasteiger charge is 2.28. The summed E-state index contributed by atoms with van der Waals surface area (Å²) in [5.41, 5.74) is 6.25. The van der Waals surface area contributed by atoms with Crippen LogP contribution in [0, 0.1) is 12.8 Å². The molecule has 0 aliphatic rings. The Labute approximate surface area is 121 Å². The first-order chi connectivity index (χ1) is 9.06. The molecule has 0 saturated carbocycles. The van der Waals surface area contributed by atoms with Crippen LogP contribution in [-0.4, -0.2) is 49.8 Å². The number of aryl methyl sites for hydroxylation is 1. The third-order valence-corrected chi connectivity index (χ3v) is 4.90. The maximum Gasteiger partial charge on any atom is 0.246 e. The molecule has 116 valence electrons. The van der Waals surface area contributed by atoms with E-state index in [0.29, 0.717) is 12.2 Å². The number of hydrogen-bond acceptors (Lipinski definition) is 5. The lowest BCUT2D eigenvalue weighted by molar-refractivity contribution is 0.314. The lowest BCUT2D eigenvalue weighted by Crippen LogP contribution is -2.45. The maximum absolute atomic E-state index is 12.5. The van der Waals surface area contributed by atoms with E-state index in [4.69, 9.17) is 5.73 Å². The molecule has 1 rings (SSSR count). The minimum atomic E-state index is -3.68. The Kier molecular flexibility index (Phi) is 5.17. The molecule has 0 aliphatic carbocycles. The van der Waals surface area contributed by atoms with Gasteiger partial charge in [0, 0.05) is 19.6 Å². The van der Waals surface area contributed by atoms with E-state index in [1.165, 1.54) is 4.68 Å². The fourth-order valence-electron chi connectivity index (χ4n) is 1.98. The number of anilines is 1. The van der Waals surface area contributed by atoms with Gasteiger partial charge in [0.25, 0.3) is 0 Å². The summed E-state index contributed by atoms with van der Waals surface area (Å²) in [5.74, 6) is 0.204. The van der Waals surface area contributed by atoms with Gasteiger partial charge in [-0.05, 0) is 26.9 Å². The molecule has 0 amide bonds. The molecule has 1 aromatic rings. The van der Waals surface area contributed by atoms with Crippen LogP contribution < -0.4 is 10.5 Å². The van der Waals surface area contributed by atoms with Crippen LogP contribution in [0.4, 0.5) is 5.82 Å². The van der Waals surface area contributed by atoms with Crippen molar-refractivity contribution in [3.63, 3.8) is 0 Å². The SMILES string of the molecule is Cc1c(S(=O)(=O)NC(CN(C)C)C(C)C)c(N)nn1C. The molecular formula is C12H25N5O2S. The third-order valence-electron chi connectivity index (χ3n) is 3.25. The number of aromatic nitrogens is 2. The Bertz CT molecular complexity index is 563. The van der Waals surface area contributed by atoms with E-state index in [-0.39, 0.29) is 22.7 Å². The molecule has 0 spiro atoms. The Morgan fingerprint density at radius 2 is 1.95 bits per heavy atom. The van der Waals surface area contributed by atoms with Crippen molar-refractivity contribution in [1.82, 2.24) is 19.4 Å². The molecule has 1 unspecified atom stereocenters. The predicted octanol–water partition coefficient (Wildman–Crippen LogP) is 0.175. The number of hydrogen-bond donors (Lipinski definition) is 2. The largest absolute Gasteiger partial charge is 0.381 e. The van der Waals surface area contributed by atoms with Crippen LogP contribution in [0.25, 0.3) is 0 Å². The van der Waals surface area contributed by atoms with Gasteiger partial charge < -0.3 is 10.6 Å². The summed E-state index contributed by atoms with van der Waals surface area (Å²) in [7, 11) is 1.82. The number of nitrogens with two attached hydrogens (primary N) is 1. The van der Waals surface area contributed by atoms with Gasteiger partial charge in [-0.3, -0.25) is 4.68 Å². The second-order valence-electron chi connectivity index (χ2n) is 5.66. The molecule has 1 aromatic heterocycles. The number of nitrogens with zero attached hydrogens (tertiary/aromatic N) is 3. The number of rotatable bonds is 6. The molecule has 0 aromatic carbocycles. The highest BCUT2D eigenvalue weighted by atomic mass is 32.2. The molecule has 3 N–H and O–H groups in total. The molecule has 0 bridgehead atoms. The van der Waals surface area contributed by atoms with E-state index < -0.39 is 10.0 Å². The summed E-state index contributed by atoms with van der Waals surface area (Å²) in [6.45, 7) is 6.27. The van der Waals surface area contributed by atoms with Crippen LogP contribution in [0.5, 0.6) is 0 Å². The molecule has 1 heterocycles. The van der Waals surface area contributed by atoms with Crippen LogP contribution in [-0.2, 0) is 17.1 Å². The summed E-state index contributed by atoms with van der Waals surface area (Å²) in [6, 6.07) is -0.186. The van der Waals surface area contributed by atoms with Crippen LogP contribution >= 0.6 is 0 Å². The van der Waals surface area contributed by atoms with Crippen LogP contribution in [0.1, 0.15) is 19.5 Å². The Balaban J connectivity index is 3.10. The average molecular weight is 303 g/mol. The van der Waals surface area contributed by atoms with Crippen LogP contribution in [0.15, 0.2) is 4.90 Å². The third kappa shape index (κ3) is 3.71. The molecule has 0 radical (unpaired) electrons. The zero-order valence-electron chi connectivity index (χ0n) is 13.0. The smallest absolute Gasteiger partial charge is 0.246 e. The monoisotopic (exact) mass is 303 g/mol. The standard InChI is InChI=1S/C12H25N5O2S/c1-8(2)10(7-16(4)5)15-20(18,19)11-9(3)17(6)14-12(11)13/h8,10,15H,7H2,1-6H3,(H2,13,14). The van der Waals surface area contributed by atoms with Gasteiger partial charge in [-0.2, -0.15) is 5.10 Å². The van der Waals surface area contributed by atoms with Crippen molar-refractivity contribution in [3.8, 4) is 0 Å². The van der Waals surface area contributed by atoms with Crippen molar-refractivity contribution < 1.29 is 8.42 Å². The van der Waals surface area contributed by atoms with Crippen molar-refractivity contribution in [3.05, 3.63) is 5.69 Å². The van der Waals surface area contributed by atoms with E-state index in [9.17, 15) is 8.42 Å². The summed E-state index contributed by atoms with van der Waals surface area (Å²) in [5, 5.41) is 3.95. The van der Waals surface area contributed by atoms with E-state index in [0.717, 1.165) is 0 Å². The summed E-state index contributed by atoms with van der Waals surface area (Å²) >= 11 is 0. The minimum absolute atomic E-state index is 0.0323. The quantitative estimate of drug-likeness (QED) is 0.782. The normalized spacial score (nSPS) is 14.2. The van der Waals surface area contributed by atoms with Crippen molar-refractivity contribution in [2.75, 3.05) is 26.4 Å². The van der Waals surface area contributed by atoms with Gasteiger partial charge >= 0.3 is 0 Å². The number of nitrogens with one attached hydrogen (secondary N) is 1. The lowest BCUT2D eigenvalue weighted by Gasteiger charge is -2.25. The number of likely N-dealkylation sites (N-methyl/N-ethyl adjacent to an activating group) is 1. The van der Waals surface area contributed by atoms with E-state index in [2.05, 4.69) is 9.82 Å². The van der Waals surface area contributed by atoms with Gasteiger partial charge in [0.05, 0.1) is 5.69 Å². The van der Waals surface area contributed by atoms with Gasteiger partial charge in [0.15, 0.2) is 5.82 Å². The fraction of sp³-hybridized carbons (Fsp3) is 0.750. The lowest BCUT2D eigenvalue weighted by atomic mass is 10.1. The highest BCUT2D eigenvalue weighted by Crippen LogP contribution is 2.22. The zero-order chi connectivity index (χ0) is 15.7. The first kappa shape index (κ1) is 16.9. The molecule has 1 atom stereocenters. The minimum Gasteiger partial charge on any atom is -0.381 e. The van der Waals surface area contributed by atoms with E-state index >= 15 is 0 Å². The second-order valence-corrected chi connectivity index (χ2v) is 7.31. The zero-order valence-corrected chi connectivity index (χ0v) is 13.8. The van der Waals surface area contributed by atoms with E-state index in [1.807, 2.05) is 32.8 Å². The van der Waals surface area contributed by atoms with Crippen molar-refractivity contribution in [1.29, 1.82) is 0 Å². The molecule has 20 heavy (non-hydrogen) atoms. The summed E-state index contributed by atoms with van der Waals surface area (Å²) in [6.07, 6.45) is 0. The predicted molar refractivity (Wildman–Crippen MR) is 79.9 cm³/mol. The fourth-order valence-corrected chi connectivity index (χ4v) is 3.68. The van der Waals surface area contributed by atoms with Crippen molar-refractivity contribution >= 4 is 15.8 Å². The Morgan fingerprint density at radius 3 is 2.30 bits per heavy atom. The van der Waals surface area contributed by atoms with Gasteiger partial charge in [0.2, 0.25) is 10.0 Å². The van der Waals surface area contributed by atoms with Crippen molar-refractivity contribution in [2.45, 2.75) is 31.7 Å². The van der Waals surface area contributed by atoms with Crippen molar-refractivity contribution in [2.24, 2.45) is 13.0 Å². The van der Waals surface area contributed by atoms with Gasteiger partial charge in [-0.25, -0.2) is 13.1 Å². The molecule has 8 heteroatoms.